The fourth-order valence-corrected chi connectivity index (χ4v) is 3.04. The van der Waals surface area contributed by atoms with E-state index in [2.05, 4.69) is 0 Å². The number of amides is 1. The average molecular weight is 328 g/mol. The molecule has 0 aliphatic carbocycles. The van der Waals surface area contributed by atoms with Gasteiger partial charge in [0.1, 0.15) is 17.6 Å². The summed E-state index contributed by atoms with van der Waals surface area (Å²) >= 11 is 0. The Hall–Kier alpha value is -2.73. The molecule has 6 heteroatoms. The number of carbonyl (C=O) groups excluding carboxylic acids is 1. The fraction of sp³-hybridized carbons (Fsp3) is 0.278. The largest absolute Gasteiger partial charge is 0.496 e. The van der Waals surface area contributed by atoms with Crippen molar-refractivity contribution in [3.05, 3.63) is 53.1 Å². The quantitative estimate of drug-likeness (QED) is 0.842. The molecule has 0 bridgehead atoms. The lowest BCUT2D eigenvalue weighted by Crippen LogP contribution is -2.38. The van der Waals surface area contributed by atoms with Gasteiger partial charge in [-0.1, -0.05) is 0 Å². The molecule has 1 unspecified atom stereocenters. The Kier molecular flexibility index (Phi) is 4.31. The van der Waals surface area contributed by atoms with Gasteiger partial charge in [0.2, 0.25) is 0 Å². The molecule has 1 atom stereocenters. The van der Waals surface area contributed by atoms with Crippen LogP contribution < -0.4 is 15.2 Å². The van der Waals surface area contributed by atoms with E-state index < -0.39 is 6.10 Å². The van der Waals surface area contributed by atoms with Crippen molar-refractivity contribution >= 4 is 11.6 Å². The predicted molar refractivity (Wildman–Crippen MR) is 90.1 cm³/mol. The van der Waals surface area contributed by atoms with Crippen molar-refractivity contribution in [2.45, 2.75) is 12.6 Å². The van der Waals surface area contributed by atoms with E-state index in [0.717, 1.165) is 5.56 Å². The van der Waals surface area contributed by atoms with Crippen LogP contribution in [0.15, 0.2) is 36.4 Å². The van der Waals surface area contributed by atoms with E-state index in [4.69, 9.17) is 15.2 Å². The number of anilines is 1. The summed E-state index contributed by atoms with van der Waals surface area (Å²) in [4.78, 5) is 14.3. The van der Waals surface area contributed by atoms with Crippen LogP contribution >= 0.6 is 0 Å². The van der Waals surface area contributed by atoms with Gasteiger partial charge in [0.15, 0.2) is 0 Å². The lowest BCUT2D eigenvalue weighted by Gasteiger charge is -2.34. The van der Waals surface area contributed by atoms with Gasteiger partial charge in [-0.2, -0.15) is 0 Å². The summed E-state index contributed by atoms with van der Waals surface area (Å²) in [5.74, 6) is 1.06. The Morgan fingerprint density at radius 1 is 1.12 bits per heavy atom. The maximum absolute atomic E-state index is 12.7. The van der Waals surface area contributed by atoms with Crippen molar-refractivity contribution in [3.8, 4) is 11.5 Å². The normalized spacial score (nSPS) is 16.5. The maximum Gasteiger partial charge on any atom is 0.254 e. The number of ether oxygens (including phenoxy) is 2. The number of nitrogens with zero attached hydrogens (tertiary/aromatic N) is 1. The first-order chi connectivity index (χ1) is 11.5. The number of hydrogen-bond acceptors (Lipinski definition) is 5. The standard InChI is InChI=1S/C18H20N2O4/c1-23-15-7-8-16(24-2)17-13(15)9-20(10-14(17)21)18(22)11-3-5-12(19)6-4-11/h3-8,14,21H,9-10,19H2,1-2H3. The smallest absolute Gasteiger partial charge is 0.254 e. The molecule has 2 aromatic carbocycles. The molecule has 1 aliphatic heterocycles. The second-order valence-corrected chi connectivity index (χ2v) is 5.69. The van der Waals surface area contributed by atoms with E-state index in [1.807, 2.05) is 0 Å². The van der Waals surface area contributed by atoms with E-state index >= 15 is 0 Å². The van der Waals surface area contributed by atoms with Crippen LogP contribution in [0.4, 0.5) is 5.69 Å². The van der Waals surface area contributed by atoms with E-state index in [1.165, 1.54) is 0 Å². The topological polar surface area (TPSA) is 85.0 Å². The molecular weight excluding hydrogens is 308 g/mol. The summed E-state index contributed by atoms with van der Waals surface area (Å²) in [6, 6.07) is 10.3. The highest BCUT2D eigenvalue weighted by molar-refractivity contribution is 5.94. The number of rotatable bonds is 3. The number of fused-ring (bicyclic) bond motifs is 1. The van der Waals surface area contributed by atoms with Gasteiger partial charge in [-0.25, -0.2) is 0 Å². The zero-order valence-corrected chi connectivity index (χ0v) is 13.7. The zero-order chi connectivity index (χ0) is 17.3. The first-order valence-electron chi connectivity index (χ1n) is 7.61. The van der Waals surface area contributed by atoms with Crippen molar-refractivity contribution in [1.82, 2.24) is 4.90 Å². The lowest BCUT2D eigenvalue weighted by molar-refractivity contribution is 0.0538. The molecule has 126 valence electrons. The van der Waals surface area contributed by atoms with Gasteiger partial charge in [0.05, 0.1) is 27.3 Å². The van der Waals surface area contributed by atoms with Crippen LogP contribution in [0.3, 0.4) is 0 Å². The number of β-amino-alcohol motifs (C(OH)–C–C–N with tert-alkyl or cyclic N) is 1. The van der Waals surface area contributed by atoms with Crippen LogP contribution in [0.1, 0.15) is 27.6 Å². The van der Waals surface area contributed by atoms with Gasteiger partial charge in [-0.3, -0.25) is 4.79 Å². The molecule has 3 N–H and O–H groups in total. The minimum atomic E-state index is -0.837. The Bertz CT molecular complexity index is 758. The van der Waals surface area contributed by atoms with Crippen molar-refractivity contribution in [2.75, 3.05) is 26.5 Å². The van der Waals surface area contributed by atoms with Crippen molar-refractivity contribution < 1.29 is 19.4 Å². The van der Waals surface area contributed by atoms with Crippen LogP contribution in [0.5, 0.6) is 11.5 Å². The van der Waals surface area contributed by atoms with Gasteiger partial charge in [0, 0.05) is 22.4 Å². The van der Waals surface area contributed by atoms with Crippen molar-refractivity contribution in [2.24, 2.45) is 0 Å². The van der Waals surface area contributed by atoms with Crippen molar-refractivity contribution in [3.63, 3.8) is 0 Å². The van der Waals surface area contributed by atoms with E-state index in [9.17, 15) is 9.90 Å². The molecule has 0 fully saturated rings. The molecule has 1 aliphatic rings. The SMILES string of the molecule is COc1ccc(OC)c2c1CN(C(=O)c1ccc(N)cc1)CC2O. The molecule has 0 spiro atoms. The monoisotopic (exact) mass is 328 g/mol. The summed E-state index contributed by atoms with van der Waals surface area (Å²) in [5, 5.41) is 10.6. The molecule has 0 saturated heterocycles. The highest BCUT2D eigenvalue weighted by Gasteiger charge is 2.32. The highest BCUT2D eigenvalue weighted by atomic mass is 16.5. The third-order valence-corrected chi connectivity index (χ3v) is 4.23. The van der Waals surface area contributed by atoms with E-state index in [-0.39, 0.29) is 12.5 Å². The number of aliphatic hydroxyl groups excluding tert-OH is 1. The molecule has 1 heterocycles. The summed E-state index contributed by atoms with van der Waals surface area (Å²) in [6.45, 7) is 0.537. The molecule has 1 amide bonds. The average Bonchev–Trinajstić information content (AvgIpc) is 2.60. The number of aliphatic hydroxyl groups is 1. The third-order valence-electron chi connectivity index (χ3n) is 4.23. The van der Waals surface area contributed by atoms with Gasteiger partial charge in [0.25, 0.3) is 5.91 Å². The second-order valence-electron chi connectivity index (χ2n) is 5.69. The number of nitrogen functional groups attached to an aromatic ring is 1. The Morgan fingerprint density at radius 3 is 2.38 bits per heavy atom. The van der Waals surface area contributed by atoms with E-state index in [0.29, 0.717) is 34.9 Å². The molecule has 6 nitrogen and oxygen atoms in total. The van der Waals surface area contributed by atoms with Crippen LogP contribution in [0.2, 0.25) is 0 Å². The first-order valence-corrected chi connectivity index (χ1v) is 7.61. The van der Waals surface area contributed by atoms with Crippen LogP contribution in [-0.2, 0) is 6.54 Å². The Labute approximate surface area is 140 Å². The summed E-state index contributed by atoms with van der Waals surface area (Å²) < 4.78 is 10.7. The number of hydrogen-bond donors (Lipinski definition) is 2. The summed E-state index contributed by atoms with van der Waals surface area (Å²) in [6.07, 6.45) is -0.837. The summed E-state index contributed by atoms with van der Waals surface area (Å²) in [5.41, 5.74) is 8.24. The van der Waals surface area contributed by atoms with Gasteiger partial charge in [-0.15, -0.1) is 0 Å². The minimum Gasteiger partial charge on any atom is -0.496 e. The number of carbonyl (C=O) groups is 1. The van der Waals surface area contributed by atoms with Crippen molar-refractivity contribution in [1.29, 1.82) is 0 Å². The van der Waals surface area contributed by atoms with Gasteiger partial charge >= 0.3 is 0 Å². The Balaban J connectivity index is 1.96. The van der Waals surface area contributed by atoms with E-state index in [1.54, 1.807) is 55.5 Å². The van der Waals surface area contributed by atoms with Gasteiger partial charge < -0.3 is 25.2 Å². The second kappa shape index (κ2) is 6.41. The molecular formula is C18H20N2O4. The molecule has 3 rings (SSSR count). The number of methoxy groups -OCH3 is 2. The maximum atomic E-state index is 12.7. The Morgan fingerprint density at radius 2 is 1.75 bits per heavy atom. The number of nitrogens with two attached hydrogens (primary N) is 1. The zero-order valence-electron chi connectivity index (χ0n) is 13.7. The molecule has 2 aromatic rings. The molecule has 0 radical (unpaired) electrons. The first kappa shape index (κ1) is 16.1. The van der Waals surface area contributed by atoms with Crippen LogP contribution in [-0.4, -0.2) is 36.7 Å². The fourth-order valence-electron chi connectivity index (χ4n) is 3.04. The van der Waals surface area contributed by atoms with Crippen LogP contribution in [0.25, 0.3) is 0 Å². The third kappa shape index (κ3) is 2.76. The minimum absolute atomic E-state index is 0.162. The molecule has 24 heavy (non-hydrogen) atoms. The molecule has 0 saturated carbocycles. The predicted octanol–water partition coefficient (Wildman–Crippen LogP) is 1.98. The lowest BCUT2D eigenvalue weighted by atomic mass is 9.94. The van der Waals surface area contributed by atoms with Gasteiger partial charge in [-0.05, 0) is 36.4 Å². The molecule has 0 aromatic heterocycles. The summed E-state index contributed by atoms with van der Waals surface area (Å²) in [7, 11) is 3.12. The highest BCUT2D eigenvalue weighted by Crippen LogP contribution is 2.39. The number of benzene rings is 2. The van der Waals surface area contributed by atoms with Crippen LogP contribution in [0, 0.1) is 0 Å².